The Kier molecular flexibility index (Phi) is 2.85. The van der Waals surface area contributed by atoms with Gasteiger partial charge in [-0.25, -0.2) is 4.39 Å². The van der Waals surface area contributed by atoms with Crippen molar-refractivity contribution in [3.8, 4) is 0 Å². The molecule has 0 bridgehead atoms. The van der Waals surface area contributed by atoms with Crippen LogP contribution in [0.2, 0.25) is 0 Å². The van der Waals surface area contributed by atoms with E-state index < -0.39 is 12.0 Å². The smallest absolute Gasteiger partial charge is 0.321 e. The molecule has 0 aliphatic heterocycles. The molecule has 90 valence electrons. The number of aromatic nitrogens is 1. The fourth-order valence-corrected chi connectivity index (χ4v) is 1.90. The molecule has 0 saturated heterocycles. The summed E-state index contributed by atoms with van der Waals surface area (Å²) in [5, 5.41) is 9.54. The standard InChI is InChI=1S/C12H13FN2O2/c1-6(11(14)12(16)17)9-5-15-10-3-2-7(13)4-8(9)10/h2-6,11,15H,14H2,1H3,(H,16,17)/t6?,11-/m0/s1. The predicted octanol–water partition coefficient (Wildman–Crippen LogP) is 1.82. The molecular weight excluding hydrogens is 223 g/mol. The van der Waals surface area contributed by atoms with Crippen LogP contribution in [0.4, 0.5) is 4.39 Å². The van der Waals surface area contributed by atoms with Crippen molar-refractivity contribution in [3.63, 3.8) is 0 Å². The van der Waals surface area contributed by atoms with Gasteiger partial charge in [0.15, 0.2) is 0 Å². The van der Waals surface area contributed by atoms with Crippen molar-refractivity contribution in [2.45, 2.75) is 18.9 Å². The SMILES string of the molecule is CC(c1c[nH]c2ccc(F)cc12)[C@H](N)C(=O)O. The molecule has 4 N–H and O–H groups in total. The lowest BCUT2D eigenvalue weighted by molar-refractivity contribution is -0.138. The number of carboxylic acid groups (broad SMARTS) is 1. The Labute approximate surface area is 97.2 Å². The monoisotopic (exact) mass is 236 g/mol. The first-order valence-electron chi connectivity index (χ1n) is 5.25. The van der Waals surface area contributed by atoms with E-state index in [1.54, 1.807) is 19.2 Å². The molecule has 2 atom stereocenters. The van der Waals surface area contributed by atoms with Crippen LogP contribution >= 0.6 is 0 Å². The molecule has 5 heteroatoms. The minimum Gasteiger partial charge on any atom is -0.480 e. The Morgan fingerprint density at radius 1 is 1.53 bits per heavy atom. The lowest BCUT2D eigenvalue weighted by atomic mass is 9.93. The summed E-state index contributed by atoms with van der Waals surface area (Å²) in [5.74, 6) is -1.80. The molecule has 1 aromatic carbocycles. The summed E-state index contributed by atoms with van der Waals surface area (Å²) >= 11 is 0. The second-order valence-corrected chi connectivity index (χ2v) is 4.09. The number of benzene rings is 1. The number of carbonyl (C=O) groups is 1. The number of nitrogens with one attached hydrogen (secondary N) is 1. The molecule has 2 rings (SSSR count). The van der Waals surface area contributed by atoms with Crippen LogP contribution < -0.4 is 5.73 Å². The van der Waals surface area contributed by atoms with E-state index in [-0.39, 0.29) is 11.7 Å². The average Bonchev–Trinajstić information content (AvgIpc) is 2.69. The van der Waals surface area contributed by atoms with Gasteiger partial charge in [-0.2, -0.15) is 0 Å². The summed E-state index contributed by atoms with van der Waals surface area (Å²) in [6.45, 7) is 1.71. The van der Waals surface area contributed by atoms with Gasteiger partial charge in [-0.05, 0) is 23.8 Å². The highest BCUT2D eigenvalue weighted by Crippen LogP contribution is 2.27. The molecule has 0 spiro atoms. The van der Waals surface area contributed by atoms with Gasteiger partial charge in [0.2, 0.25) is 0 Å². The highest BCUT2D eigenvalue weighted by Gasteiger charge is 2.23. The lowest BCUT2D eigenvalue weighted by Gasteiger charge is -2.15. The van der Waals surface area contributed by atoms with Crippen molar-refractivity contribution in [2.75, 3.05) is 0 Å². The van der Waals surface area contributed by atoms with Gasteiger partial charge in [-0.15, -0.1) is 0 Å². The van der Waals surface area contributed by atoms with Crippen molar-refractivity contribution in [1.82, 2.24) is 4.98 Å². The number of nitrogens with two attached hydrogens (primary N) is 1. The Morgan fingerprint density at radius 3 is 2.88 bits per heavy atom. The number of fused-ring (bicyclic) bond motifs is 1. The minimum atomic E-state index is -1.07. The molecule has 0 fully saturated rings. The van der Waals surface area contributed by atoms with E-state index in [1.165, 1.54) is 12.1 Å². The predicted molar refractivity (Wildman–Crippen MR) is 62.3 cm³/mol. The molecule has 1 aromatic heterocycles. The lowest BCUT2D eigenvalue weighted by Crippen LogP contribution is -2.35. The van der Waals surface area contributed by atoms with Crippen molar-refractivity contribution in [3.05, 3.63) is 35.8 Å². The molecule has 1 unspecified atom stereocenters. The Morgan fingerprint density at radius 2 is 2.24 bits per heavy atom. The largest absolute Gasteiger partial charge is 0.480 e. The normalized spacial score (nSPS) is 14.8. The van der Waals surface area contributed by atoms with E-state index in [4.69, 9.17) is 10.8 Å². The van der Waals surface area contributed by atoms with Gasteiger partial charge in [-0.3, -0.25) is 4.79 Å². The highest BCUT2D eigenvalue weighted by molar-refractivity contribution is 5.85. The van der Waals surface area contributed by atoms with Crippen LogP contribution in [0.5, 0.6) is 0 Å². The van der Waals surface area contributed by atoms with Crippen LogP contribution in [0.1, 0.15) is 18.4 Å². The summed E-state index contributed by atoms with van der Waals surface area (Å²) in [4.78, 5) is 13.8. The topological polar surface area (TPSA) is 79.1 Å². The van der Waals surface area contributed by atoms with Gasteiger partial charge in [0.1, 0.15) is 11.9 Å². The van der Waals surface area contributed by atoms with Crippen molar-refractivity contribution in [1.29, 1.82) is 0 Å². The first kappa shape index (κ1) is 11.6. The molecule has 0 radical (unpaired) electrons. The van der Waals surface area contributed by atoms with Gasteiger partial charge < -0.3 is 15.8 Å². The van der Waals surface area contributed by atoms with Crippen molar-refractivity contribution in [2.24, 2.45) is 5.73 Å². The van der Waals surface area contributed by atoms with Gasteiger partial charge in [0, 0.05) is 23.0 Å². The summed E-state index contributed by atoms with van der Waals surface area (Å²) < 4.78 is 13.2. The zero-order valence-corrected chi connectivity index (χ0v) is 9.27. The van der Waals surface area contributed by atoms with Gasteiger partial charge in [-0.1, -0.05) is 6.92 Å². The molecule has 0 amide bonds. The number of carboxylic acids is 1. The molecule has 0 aliphatic carbocycles. The Bertz CT molecular complexity index is 565. The first-order chi connectivity index (χ1) is 8.00. The third-order valence-corrected chi connectivity index (χ3v) is 2.99. The quantitative estimate of drug-likeness (QED) is 0.760. The summed E-state index contributed by atoms with van der Waals surface area (Å²) in [5.41, 5.74) is 7.06. The zero-order chi connectivity index (χ0) is 12.6. The van der Waals surface area contributed by atoms with E-state index in [1.807, 2.05) is 0 Å². The third kappa shape index (κ3) is 2.01. The number of rotatable bonds is 3. The van der Waals surface area contributed by atoms with Crippen LogP contribution in [0, 0.1) is 5.82 Å². The first-order valence-corrected chi connectivity index (χ1v) is 5.25. The number of halogens is 1. The fraction of sp³-hybridized carbons (Fsp3) is 0.250. The van der Waals surface area contributed by atoms with Gasteiger partial charge in [0.25, 0.3) is 0 Å². The number of H-pyrrole nitrogens is 1. The number of aromatic amines is 1. The van der Waals surface area contributed by atoms with Crippen LogP contribution in [0.25, 0.3) is 10.9 Å². The molecule has 2 aromatic rings. The second-order valence-electron chi connectivity index (χ2n) is 4.09. The summed E-state index contributed by atoms with van der Waals surface area (Å²) in [7, 11) is 0. The van der Waals surface area contributed by atoms with Crippen molar-refractivity contribution >= 4 is 16.9 Å². The van der Waals surface area contributed by atoms with Crippen molar-refractivity contribution < 1.29 is 14.3 Å². The van der Waals surface area contributed by atoms with Crippen LogP contribution in [0.3, 0.4) is 0 Å². The van der Waals surface area contributed by atoms with E-state index in [2.05, 4.69) is 4.98 Å². The minimum absolute atomic E-state index is 0.352. The Hall–Kier alpha value is -1.88. The third-order valence-electron chi connectivity index (χ3n) is 2.99. The Balaban J connectivity index is 2.48. The fourth-order valence-electron chi connectivity index (χ4n) is 1.90. The van der Waals surface area contributed by atoms with Gasteiger partial charge in [0.05, 0.1) is 0 Å². The zero-order valence-electron chi connectivity index (χ0n) is 9.27. The molecule has 4 nitrogen and oxygen atoms in total. The van der Waals surface area contributed by atoms with Gasteiger partial charge >= 0.3 is 5.97 Å². The summed E-state index contributed by atoms with van der Waals surface area (Å²) in [6, 6.07) is 3.35. The number of hydrogen-bond acceptors (Lipinski definition) is 2. The molecule has 0 aliphatic rings. The molecule has 1 heterocycles. The maximum atomic E-state index is 13.2. The van der Waals surface area contributed by atoms with Crippen LogP contribution in [0.15, 0.2) is 24.4 Å². The number of hydrogen-bond donors (Lipinski definition) is 3. The number of aliphatic carboxylic acids is 1. The maximum absolute atomic E-state index is 13.2. The highest BCUT2D eigenvalue weighted by atomic mass is 19.1. The van der Waals surface area contributed by atoms with Crippen LogP contribution in [-0.2, 0) is 4.79 Å². The molecular formula is C12H13FN2O2. The van der Waals surface area contributed by atoms with E-state index in [0.717, 1.165) is 11.1 Å². The maximum Gasteiger partial charge on any atom is 0.321 e. The average molecular weight is 236 g/mol. The van der Waals surface area contributed by atoms with E-state index in [0.29, 0.717) is 5.39 Å². The second kappa shape index (κ2) is 4.18. The summed E-state index contributed by atoms with van der Waals surface area (Å²) in [6.07, 6.45) is 1.68. The molecule has 17 heavy (non-hydrogen) atoms. The van der Waals surface area contributed by atoms with E-state index >= 15 is 0 Å². The van der Waals surface area contributed by atoms with E-state index in [9.17, 15) is 9.18 Å². The molecule has 0 saturated carbocycles. The van der Waals surface area contributed by atoms with Crippen LogP contribution in [-0.4, -0.2) is 22.1 Å².